The van der Waals surface area contributed by atoms with Crippen LogP contribution in [0.4, 0.5) is 10.1 Å². The Bertz CT molecular complexity index is 956. The molecule has 0 fully saturated rings. The lowest BCUT2D eigenvalue weighted by atomic mass is 9.98. The monoisotopic (exact) mass is 384 g/mol. The van der Waals surface area contributed by atoms with Crippen molar-refractivity contribution < 1.29 is 4.39 Å². The van der Waals surface area contributed by atoms with Gasteiger partial charge in [-0.3, -0.25) is 5.01 Å². The van der Waals surface area contributed by atoms with Crippen LogP contribution in [0.5, 0.6) is 0 Å². The van der Waals surface area contributed by atoms with E-state index in [0.717, 1.165) is 22.5 Å². The van der Waals surface area contributed by atoms with Gasteiger partial charge in [-0.25, -0.2) is 4.39 Å². The topological polar surface area (TPSA) is 15.6 Å². The van der Waals surface area contributed by atoms with Crippen molar-refractivity contribution >= 4 is 34.6 Å². The van der Waals surface area contributed by atoms with Gasteiger partial charge in [0.2, 0.25) is 0 Å². The molecule has 0 radical (unpaired) electrons. The van der Waals surface area contributed by atoms with Crippen LogP contribution in [-0.2, 0) is 0 Å². The summed E-state index contributed by atoms with van der Waals surface area (Å²) in [5.41, 5.74) is 3.72. The maximum atomic E-state index is 13.4. The molecule has 0 bridgehead atoms. The number of hydrazone groups is 1. The fourth-order valence-corrected chi connectivity index (χ4v) is 3.51. The summed E-state index contributed by atoms with van der Waals surface area (Å²) in [6.45, 7) is 0. The first-order valence-electron chi connectivity index (χ1n) is 8.24. The van der Waals surface area contributed by atoms with Crippen molar-refractivity contribution in [2.75, 3.05) is 5.01 Å². The van der Waals surface area contributed by atoms with Gasteiger partial charge in [-0.1, -0.05) is 65.7 Å². The summed E-state index contributed by atoms with van der Waals surface area (Å²) < 4.78 is 13.4. The second kappa shape index (κ2) is 7.10. The molecule has 0 unspecified atom stereocenters. The predicted octanol–water partition coefficient (Wildman–Crippen LogP) is 6.49. The van der Waals surface area contributed by atoms with E-state index < -0.39 is 0 Å². The summed E-state index contributed by atoms with van der Waals surface area (Å²) in [6.07, 6.45) is 0.693. The highest BCUT2D eigenvalue weighted by Gasteiger charge is 2.31. The van der Waals surface area contributed by atoms with Gasteiger partial charge in [0.1, 0.15) is 5.82 Å². The standard InChI is InChI=1S/C21H15Cl2FN2/c22-16-8-11-18(23)21(12-16)26-20(15-6-9-17(24)10-7-15)13-19(25-26)14-4-2-1-3-5-14/h1-12,20H,13H2/t20-/m0/s1. The summed E-state index contributed by atoms with van der Waals surface area (Å²) in [5, 5.41) is 7.86. The summed E-state index contributed by atoms with van der Waals surface area (Å²) in [7, 11) is 0. The third-order valence-corrected chi connectivity index (χ3v) is 4.98. The highest BCUT2D eigenvalue weighted by Crippen LogP contribution is 2.40. The molecule has 1 aliphatic heterocycles. The van der Waals surface area contributed by atoms with Gasteiger partial charge in [0.25, 0.3) is 0 Å². The maximum absolute atomic E-state index is 13.4. The first-order valence-corrected chi connectivity index (χ1v) is 9.00. The SMILES string of the molecule is Fc1ccc([C@@H]2CC(c3ccccc3)=NN2c2cc(Cl)ccc2Cl)cc1. The zero-order valence-corrected chi connectivity index (χ0v) is 15.3. The maximum Gasteiger partial charge on any atom is 0.123 e. The number of halogens is 3. The fraction of sp³-hybridized carbons (Fsp3) is 0.0952. The van der Waals surface area contributed by atoms with Crippen LogP contribution in [0.1, 0.15) is 23.6 Å². The number of rotatable bonds is 3. The molecule has 1 aliphatic rings. The number of anilines is 1. The number of hydrogen-bond donors (Lipinski definition) is 0. The molecule has 0 saturated heterocycles. The van der Waals surface area contributed by atoms with Crippen molar-refractivity contribution in [3.05, 3.63) is 99.8 Å². The Morgan fingerprint density at radius 3 is 2.38 bits per heavy atom. The molecule has 1 heterocycles. The van der Waals surface area contributed by atoms with Crippen LogP contribution in [-0.4, -0.2) is 5.71 Å². The molecule has 1 atom stereocenters. The second-order valence-electron chi connectivity index (χ2n) is 6.12. The Morgan fingerprint density at radius 1 is 0.923 bits per heavy atom. The van der Waals surface area contributed by atoms with Gasteiger partial charge in [-0.2, -0.15) is 5.10 Å². The first-order chi connectivity index (χ1) is 12.6. The molecule has 3 aromatic carbocycles. The van der Waals surface area contributed by atoms with E-state index in [1.54, 1.807) is 30.3 Å². The van der Waals surface area contributed by atoms with Gasteiger partial charge >= 0.3 is 0 Å². The summed E-state index contributed by atoms with van der Waals surface area (Å²) in [6, 6.07) is 21.7. The lowest BCUT2D eigenvalue weighted by molar-refractivity contribution is 0.624. The van der Waals surface area contributed by atoms with Crippen molar-refractivity contribution in [2.24, 2.45) is 5.10 Å². The molecule has 130 valence electrons. The second-order valence-corrected chi connectivity index (χ2v) is 6.97. The number of nitrogens with zero attached hydrogens (tertiary/aromatic N) is 2. The Morgan fingerprint density at radius 2 is 1.65 bits per heavy atom. The van der Waals surface area contributed by atoms with Crippen molar-refractivity contribution in [1.82, 2.24) is 0 Å². The lowest BCUT2D eigenvalue weighted by Crippen LogP contribution is -2.19. The molecule has 0 saturated carbocycles. The smallest absolute Gasteiger partial charge is 0.123 e. The fourth-order valence-electron chi connectivity index (χ4n) is 3.14. The quantitative estimate of drug-likeness (QED) is 0.503. The molecule has 26 heavy (non-hydrogen) atoms. The number of benzene rings is 3. The van der Waals surface area contributed by atoms with Crippen molar-refractivity contribution in [1.29, 1.82) is 0 Å². The van der Waals surface area contributed by atoms with Crippen LogP contribution >= 0.6 is 23.2 Å². The zero-order valence-electron chi connectivity index (χ0n) is 13.7. The average Bonchev–Trinajstić information content (AvgIpc) is 3.10. The van der Waals surface area contributed by atoms with E-state index in [0.29, 0.717) is 16.5 Å². The average molecular weight is 385 g/mol. The van der Waals surface area contributed by atoms with Crippen LogP contribution in [0.25, 0.3) is 0 Å². The van der Waals surface area contributed by atoms with Gasteiger partial charge in [-0.15, -0.1) is 0 Å². The highest BCUT2D eigenvalue weighted by molar-refractivity contribution is 6.35. The Kier molecular flexibility index (Phi) is 4.66. The van der Waals surface area contributed by atoms with Gasteiger partial charge < -0.3 is 0 Å². The van der Waals surface area contributed by atoms with Crippen LogP contribution in [0.3, 0.4) is 0 Å². The van der Waals surface area contributed by atoms with Crippen LogP contribution in [0, 0.1) is 5.82 Å². The minimum atomic E-state index is -0.261. The van der Waals surface area contributed by atoms with Crippen LogP contribution in [0.2, 0.25) is 10.0 Å². The van der Waals surface area contributed by atoms with E-state index in [2.05, 4.69) is 0 Å². The van der Waals surface area contributed by atoms with E-state index in [4.69, 9.17) is 28.3 Å². The molecule has 3 aromatic rings. The largest absolute Gasteiger partial charge is 0.256 e. The molecule has 0 aromatic heterocycles. The molecule has 0 aliphatic carbocycles. The highest BCUT2D eigenvalue weighted by atomic mass is 35.5. The molecule has 4 rings (SSSR count). The molecule has 0 spiro atoms. The first kappa shape index (κ1) is 17.1. The van der Waals surface area contributed by atoms with Crippen LogP contribution in [0.15, 0.2) is 77.9 Å². The summed E-state index contributed by atoms with van der Waals surface area (Å²) >= 11 is 12.6. The Hall–Kier alpha value is -2.36. The van der Waals surface area contributed by atoms with Gasteiger partial charge in [-0.05, 0) is 41.5 Å². The number of hydrogen-bond acceptors (Lipinski definition) is 2. The molecule has 0 amide bonds. The zero-order chi connectivity index (χ0) is 18.1. The third-order valence-electron chi connectivity index (χ3n) is 4.43. The van der Waals surface area contributed by atoms with E-state index in [-0.39, 0.29) is 11.9 Å². The molecule has 2 nitrogen and oxygen atoms in total. The van der Waals surface area contributed by atoms with Gasteiger partial charge in [0.05, 0.1) is 22.5 Å². The van der Waals surface area contributed by atoms with Crippen molar-refractivity contribution in [3.8, 4) is 0 Å². The minimum Gasteiger partial charge on any atom is -0.256 e. The Balaban J connectivity index is 1.80. The van der Waals surface area contributed by atoms with Crippen LogP contribution < -0.4 is 5.01 Å². The summed E-state index contributed by atoms with van der Waals surface area (Å²) in [5.74, 6) is -0.261. The third kappa shape index (κ3) is 3.33. The molecular weight excluding hydrogens is 370 g/mol. The van der Waals surface area contributed by atoms with Crippen molar-refractivity contribution in [2.45, 2.75) is 12.5 Å². The molecule has 0 N–H and O–H groups in total. The molecule has 5 heteroatoms. The van der Waals surface area contributed by atoms with E-state index >= 15 is 0 Å². The lowest BCUT2D eigenvalue weighted by Gasteiger charge is -2.25. The van der Waals surface area contributed by atoms with Gasteiger partial charge in [0.15, 0.2) is 0 Å². The van der Waals surface area contributed by atoms with Gasteiger partial charge in [0, 0.05) is 11.4 Å². The van der Waals surface area contributed by atoms with E-state index in [9.17, 15) is 4.39 Å². The Labute approximate surface area is 161 Å². The van der Waals surface area contributed by atoms with Crippen molar-refractivity contribution in [3.63, 3.8) is 0 Å². The predicted molar refractivity (Wildman–Crippen MR) is 106 cm³/mol. The van der Waals surface area contributed by atoms with E-state index in [1.807, 2.05) is 35.3 Å². The normalized spacial score (nSPS) is 16.7. The van der Waals surface area contributed by atoms with E-state index in [1.165, 1.54) is 12.1 Å². The molecular formula is C21H15Cl2FN2. The minimum absolute atomic E-state index is 0.0817. The summed E-state index contributed by atoms with van der Waals surface area (Å²) in [4.78, 5) is 0.